The number of phenolic OH excluding ortho intramolecular Hbond substituents is 1. The van der Waals surface area contributed by atoms with Crippen molar-refractivity contribution in [2.75, 3.05) is 7.11 Å². The Bertz CT molecular complexity index is 1200. The number of carboxylic acid groups (broad SMARTS) is 1. The third-order valence-electron chi connectivity index (χ3n) is 4.94. The minimum atomic E-state index is -4.83. The number of para-hydroxylation sites is 1. The molecule has 1 aliphatic heterocycles. The number of carbonyl (C=O) groups is 1. The number of benzene rings is 2. The summed E-state index contributed by atoms with van der Waals surface area (Å²) in [6.45, 7) is 0. The van der Waals surface area contributed by atoms with Crippen molar-refractivity contribution in [3.05, 3.63) is 64.2 Å². The van der Waals surface area contributed by atoms with Crippen LogP contribution in [0.2, 0.25) is 5.02 Å². The molecule has 2 heterocycles. The van der Waals surface area contributed by atoms with E-state index in [1.54, 1.807) is 12.1 Å². The monoisotopic (exact) mass is 485 g/mol. The highest BCUT2D eigenvalue weighted by molar-refractivity contribution is 8.00. The van der Waals surface area contributed by atoms with Crippen LogP contribution in [-0.2, 0) is 11.0 Å². The first-order valence-corrected chi connectivity index (χ1v) is 10.5. The van der Waals surface area contributed by atoms with E-state index in [0.717, 1.165) is 16.3 Å². The average molecular weight is 486 g/mol. The van der Waals surface area contributed by atoms with Gasteiger partial charge < -0.3 is 14.9 Å². The standard InChI is InChI=1S/C20H15ClF3N3O4S/c1-31-13-4-2-3-10(16(13)30)17-11-7-9(21)5-6-12(11)27-18(14(32-17)8-15(28)29)25-26-19(27)20(22,23)24/h2-7,14,17,30H,8H2,1H3,(H,28,29). The van der Waals surface area contributed by atoms with Gasteiger partial charge in [-0.25, -0.2) is 0 Å². The van der Waals surface area contributed by atoms with Gasteiger partial charge in [0.15, 0.2) is 17.3 Å². The molecule has 7 nitrogen and oxygen atoms in total. The molecule has 1 aromatic heterocycles. The van der Waals surface area contributed by atoms with Gasteiger partial charge in [-0.05, 0) is 29.8 Å². The molecule has 2 atom stereocenters. The van der Waals surface area contributed by atoms with Crippen LogP contribution in [0.5, 0.6) is 11.5 Å². The summed E-state index contributed by atoms with van der Waals surface area (Å²) < 4.78 is 47.3. The second kappa shape index (κ2) is 8.21. The van der Waals surface area contributed by atoms with Crippen LogP contribution in [0.25, 0.3) is 5.69 Å². The Morgan fingerprint density at radius 1 is 1.25 bits per heavy atom. The van der Waals surface area contributed by atoms with Gasteiger partial charge in [0.1, 0.15) is 0 Å². The molecule has 2 N–H and O–H groups in total. The maximum Gasteiger partial charge on any atom is 0.452 e. The number of thioether (sulfide) groups is 1. The number of halogens is 4. The summed E-state index contributed by atoms with van der Waals surface area (Å²) in [5.74, 6) is -2.69. The molecular weight excluding hydrogens is 471 g/mol. The third-order valence-corrected chi connectivity index (χ3v) is 6.66. The molecule has 32 heavy (non-hydrogen) atoms. The van der Waals surface area contributed by atoms with Gasteiger partial charge in [0.05, 0.1) is 29.7 Å². The molecule has 168 valence electrons. The first-order valence-electron chi connectivity index (χ1n) is 9.17. The lowest BCUT2D eigenvalue weighted by Gasteiger charge is -2.22. The van der Waals surface area contributed by atoms with Crippen LogP contribution in [0.3, 0.4) is 0 Å². The number of hydrogen-bond acceptors (Lipinski definition) is 6. The van der Waals surface area contributed by atoms with Crippen LogP contribution in [0.15, 0.2) is 36.4 Å². The highest BCUT2D eigenvalue weighted by Crippen LogP contribution is 2.54. The lowest BCUT2D eigenvalue weighted by molar-refractivity contribution is -0.146. The molecule has 2 unspecified atom stereocenters. The minimum absolute atomic E-state index is 0.0920. The number of rotatable bonds is 4. The summed E-state index contributed by atoms with van der Waals surface area (Å²) in [5.41, 5.74) is 0.764. The molecule has 0 amide bonds. The summed E-state index contributed by atoms with van der Waals surface area (Å²) in [4.78, 5) is 11.5. The van der Waals surface area contributed by atoms with E-state index in [2.05, 4.69) is 10.2 Å². The van der Waals surface area contributed by atoms with Gasteiger partial charge >= 0.3 is 12.1 Å². The average Bonchev–Trinajstić information content (AvgIpc) is 3.12. The number of aliphatic carboxylic acids is 1. The predicted molar refractivity (Wildman–Crippen MR) is 110 cm³/mol. The largest absolute Gasteiger partial charge is 0.504 e. The molecule has 4 rings (SSSR count). The van der Waals surface area contributed by atoms with Crippen molar-refractivity contribution in [1.29, 1.82) is 0 Å². The van der Waals surface area contributed by atoms with Crippen molar-refractivity contribution in [1.82, 2.24) is 14.8 Å². The van der Waals surface area contributed by atoms with E-state index in [9.17, 15) is 28.2 Å². The summed E-state index contributed by atoms with van der Waals surface area (Å²) in [6, 6.07) is 9.06. The zero-order valence-electron chi connectivity index (χ0n) is 16.3. The van der Waals surface area contributed by atoms with Crippen LogP contribution in [0, 0.1) is 0 Å². The molecule has 0 spiro atoms. The SMILES string of the molecule is COc1cccc(C2SC(CC(=O)O)c3nnc(C(F)(F)F)n3-c3ccc(Cl)cc32)c1O. The topological polar surface area (TPSA) is 97.5 Å². The number of alkyl halides is 3. The Morgan fingerprint density at radius 2 is 2.00 bits per heavy atom. The van der Waals surface area contributed by atoms with Crippen LogP contribution in [0.1, 0.15) is 39.7 Å². The van der Waals surface area contributed by atoms with E-state index in [1.165, 1.54) is 31.4 Å². The summed E-state index contributed by atoms with van der Waals surface area (Å²) in [6.07, 6.45) is -5.35. The zero-order valence-corrected chi connectivity index (χ0v) is 17.9. The Hall–Kier alpha value is -2.92. The van der Waals surface area contributed by atoms with E-state index < -0.39 is 34.9 Å². The lowest BCUT2D eigenvalue weighted by Crippen LogP contribution is -2.16. The van der Waals surface area contributed by atoms with Gasteiger partial charge in [0.25, 0.3) is 0 Å². The van der Waals surface area contributed by atoms with Gasteiger partial charge in [-0.1, -0.05) is 23.7 Å². The van der Waals surface area contributed by atoms with E-state index in [1.807, 2.05) is 0 Å². The minimum Gasteiger partial charge on any atom is -0.504 e. The van der Waals surface area contributed by atoms with Crippen LogP contribution in [-0.4, -0.2) is 38.1 Å². The second-order valence-electron chi connectivity index (χ2n) is 6.92. The van der Waals surface area contributed by atoms with Gasteiger partial charge in [0.2, 0.25) is 5.82 Å². The van der Waals surface area contributed by atoms with Crippen molar-refractivity contribution in [3.8, 4) is 17.2 Å². The van der Waals surface area contributed by atoms with E-state index >= 15 is 0 Å². The normalized spacial score (nSPS) is 17.9. The Labute approximate surface area is 188 Å². The zero-order chi connectivity index (χ0) is 23.2. The molecule has 0 bridgehead atoms. The quantitative estimate of drug-likeness (QED) is 0.536. The summed E-state index contributed by atoms with van der Waals surface area (Å²) in [5, 5.41) is 25.7. The highest BCUT2D eigenvalue weighted by Gasteiger charge is 2.43. The van der Waals surface area contributed by atoms with E-state index in [-0.39, 0.29) is 28.0 Å². The maximum atomic E-state index is 13.8. The maximum absolute atomic E-state index is 13.8. The number of ether oxygens (including phenoxy) is 1. The third kappa shape index (κ3) is 3.86. The van der Waals surface area contributed by atoms with Gasteiger partial charge in [-0.3, -0.25) is 9.36 Å². The fourth-order valence-corrected chi connectivity index (χ4v) is 5.31. The van der Waals surface area contributed by atoms with Gasteiger partial charge in [-0.2, -0.15) is 13.2 Å². The van der Waals surface area contributed by atoms with Crippen molar-refractivity contribution in [3.63, 3.8) is 0 Å². The van der Waals surface area contributed by atoms with Crippen LogP contribution < -0.4 is 4.74 Å². The predicted octanol–water partition coefficient (Wildman–Crippen LogP) is 5.01. The lowest BCUT2D eigenvalue weighted by atomic mass is 10.0. The van der Waals surface area contributed by atoms with Crippen molar-refractivity contribution in [2.45, 2.75) is 23.1 Å². The molecule has 3 aromatic rings. The van der Waals surface area contributed by atoms with Crippen LogP contribution >= 0.6 is 23.4 Å². The molecule has 12 heteroatoms. The van der Waals surface area contributed by atoms with Gasteiger partial charge in [-0.15, -0.1) is 22.0 Å². The molecule has 0 aliphatic carbocycles. The number of phenols is 1. The number of aromatic nitrogens is 3. The molecule has 0 saturated heterocycles. The van der Waals surface area contributed by atoms with E-state index in [4.69, 9.17) is 16.3 Å². The number of carboxylic acids is 1. The van der Waals surface area contributed by atoms with Crippen molar-refractivity contribution >= 4 is 29.3 Å². The Balaban J connectivity index is 2.03. The number of aromatic hydroxyl groups is 1. The van der Waals surface area contributed by atoms with Gasteiger partial charge in [0, 0.05) is 10.6 Å². The molecule has 1 aliphatic rings. The first kappa shape index (κ1) is 22.3. The second-order valence-corrected chi connectivity index (χ2v) is 8.67. The number of fused-ring (bicyclic) bond motifs is 3. The molecule has 0 radical (unpaired) electrons. The molecular formula is C20H15ClF3N3O4S. The molecule has 0 fully saturated rings. The van der Waals surface area contributed by atoms with Crippen molar-refractivity contribution in [2.24, 2.45) is 0 Å². The first-order chi connectivity index (χ1) is 15.1. The van der Waals surface area contributed by atoms with Crippen LogP contribution in [0.4, 0.5) is 13.2 Å². The smallest absolute Gasteiger partial charge is 0.452 e. The summed E-state index contributed by atoms with van der Waals surface area (Å²) in [7, 11) is 1.37. The molecule has 0 saturated carbocycles. The number of nitrogens with zero attached hydrogens (tertiary/aromatic N) is 3. The fourth-order valence-electron chi connectivity index (χ4n) is 3.62. The Morgan fingerprint density at radius 3 is 2.66 bits per heavy atom. The van der Waals surface area contributed by atoms with Crippen molar-refractivity contribution < 1.29 is 32.9 Å². The van der Waals surface area contributed by atoms with E-state index in [0.29, 0.717) is 11.1 Å². The highest BCUT2D eigenvalue weighted by atomic mass is 35.5. The number of hydrogen-bond donors (Lipinski definition) is 2. The molecule has 2 aromatic carbocycles. The fraction of sp³-hybridized carbons (Fsp3) is 0.250. The number of methoxy groups -OCH3 is 1. The Kier molecular flexibility index (Phi) is 5.72. The summed E-state index contributed by atoms with van der Waals surface area (Å²) >= 11 is 7.22.